The molecule has 0 N–H and O–H groups in total. The van der Waals surface area contributed by atoms with Crippen LogP contribution in [-0.2, 0) is 0 Å². The first-order valence-electron chi connectivity index (χ1n) is 14.9. The molecule has 0 radical (unpaired) electrons. The summed E-state index contributed by atoms with van der Waals surface area (Å²) in [6.07, 6.45) is 13.2. The van der Waals surface area contributed by atoms with Gasteiger partial charge in [0.15, 0.2) is 0 Å². The molecule has 0 bridgehead atoms. The molecule has 2 heterocycles. The van der Waals surface area contributed by atoms with Gasteiger partial charge in [0.2, 0.25) is 0 Å². The summed E-state index contributed by atoms with van der Waals surface area (Å²) in [6, 6.07) is 28.5. The van der Waals surface area contributed by atoms with Gasteiger partial charge in [-0.15, -0.1) is 0 Å². The van der Waals surface area contributed by atoms with Gasteiger partial charge in [-0.05, 0) is 42.3 Å². The number of rotatable bonds is 13. The molecule has 0 atom stereocenters. The highest BCUT2D eigenvalue weighted by Gasteiger charge is 2.21. The first kappa shape index (κ1) is 26.5. The topological polar surface area (TPSA) is 24.3 Å². The van der Waals surface area contributed by atoms with E-state index in [9.17, 15) is 0 Å². The number of hydrogen-bond donors (Lipinski definition) is 0. The van der Waals surface area contributed by atoms with Crippen LogP contribution < -0.4 is 4.90 Å². The number of piperazine rings is 1. The first-order valence-corrected chi connectivity index (χ1v) is 14.9. The number of nitrogens with zero attached hydrogens (tertiary/aromatic N) is 4. The largest absolute Gasteiger partial charge is 0.369 e. The third-order valence-corrected chi connectivity index (χ3v) is 8.13. The lowest BCUT2D eigenvalue weighted by atomic mass is 9.98. The van der Waals surface area contributed by atoms with Crippen LogP contribution in [0, 0.1) is 0 Å². The summed E-state index contributed by atoms with van der Waals surface area (Å²) in [5, 5.41) is 0. The number of imidazole rings is 1. The Morgan fingerprint density at radius 1 is 0.684 bits per heavy atom. The Bertz CT molecular complexity index is 1190. The molecule has 4 aromatic rings. The first-order chi connectivity index (χ1) is 18.8. The molecule has 0 amide bonds. The molecule has 1 aromatic heterocycles. The van der Waals surface area contributed by atoms with E-state index in [1.54, 1.807) is 0 Å². The third-order valence-electron chi connectivity index (χ3n) is 8.13. The van der Waals surface area contributed by atoms with Crippen molar-refractivity contribution in [1.82, 2.24) is 14.5 Å². The Morgan fingerprint density at radius 3 is 1.92 bits per heavy atom. The fourth-order valence-corrected chi connectivity index (χ4v) is 5.90. The van der Waals surface area contributed by atoms with Crippen LogP contribution in [0.3, 0.4) is 0 Å². The number of unbranched alkanes of at least 4 members (excludes halogenated alkanes) is 7. The zero-order valence-electron chi connectivity index (χ0n) is 23.1. The summed E-state index contributed by atoms with van der Waals surface area (Å²) in [5.74, 6) is 0. The number of anilines is 1. The normalized spacial score (nSPS) is 14.5. The van der Waals surface area contributed by atoms with E-state index in [2.05, 4.69) is 100 Å². The highest BCUT2D eigenvalue weighted by atomic mass is 15.3. The summed E-state index contributed by atoms with van der Waals surface area (Å²) < 4.78 is 2.35. The Morgan fingerprint density at radius 2 is 1.29 bits per heavy atom. The standard InChI is InChI=1S/C34H44N4/c1-2-3-4-5-6-7-8-15-22-36-23-25-37(26-24-36)31-20-21-32-33(27-31)38(28-35-32)34(29-16-11-9-12-17-29)30-18-13-10-14-19-30/h9-14,16-21,27-28,34H,2-8,15,22-26H2,1H3. The molecule has 0 unspecified atom stereocenters. The Labute approximate surface area is 229 Å². The lowest BCUT2D eigenvalue weighted by molar-refractivity contribution is 0.252. The third kappa shape index (κ3) is 6.66. The fourth-order valence-electron chi connectivity index (χ4n) is 5.90. The molecule has 1 saturated heterocycles. The smallest absolute Gasteiger partial charge is 0.0966 e. The number of hydrogen-bond acceptors (Lipinski definition) is 3. The van der Waals surface area contributed by atoms with E-state index in [1.807, 2.05) is 6.33 Å². The van der Waals surface area contributed by atoms with Crippen molar-refractivity contribution in [2.24, 2.45) is 0 Å². The Balaban J connectivity index is 1.23. The number of fused-ring (bicyclic) bond motifs is 1. The monoisotopic (exact) mass is 508 g/mol. The van der Waals surface area contributed by atoms with Crippen molar-refractivity contribution >= 4 is 16.7 Å². The summed E-state index contributed by atoms with van der Waals surface area (Å²) in [7, 11) is 0. The molecule has 3 aromatic carbocycles. The minimum atomic E-state index is 0.0983. The van der Waals surface area contributed by atoms with E-state index in [0.717, 1.165) is 31.7 Å². The molecule has 1 fully saturated rings. The van der Waals surface area contributed by atoms with Gasteiger partial charge in [-0.2, -0.15) is 0 Å². The SMILES string of the molecule is CCCCCCCCCCN1CCN(c2ccc3ncn(C(c4ccccc4)c4ccccc4)c3c2)CC1. The van der Waals surface area contributed by atoms with Crippen LogP contribution >= 0.6 is 0 Å². The second kappa shape index (κ2) is 13.6. The predicted octanol–water partition coefficient (Wildman–Crippen LogP) is 7.94. The molecule has 4 nitrogen and oxygen atoms in total. The second-order valence-electron chi connectivity index (χ2n) is 10.9. The van der Waals surface area contributed by atoms with Crippen LogP contribution in [0.1, 0.15) is 75.5 Å². The highest BCUT2D eigenvalue weighted by Crippen LogP contribution is 2.32. The van der Waals surface area contributed by atoms with E-state index in [0.29, 0.717) is 0 Å². The van der Waals surface area contributed by atoms with E-state index >= 15 is 0 Å². The minimum absolute atomic E-state index is 0.0983. The molecule has 1 aliphatic rings. The van der Waals surface area contributed by atoms with E-state index < -0.39 is 0 Å². The van der Waals surface area contributed by atoms with Gasteiger partial charge in [-0.3, -0.25) is 4.90 Å². The van der Waals surface area contributed by atoms with Crippen LogP contribution in [0.15, 0.2) is 85.2 Å². The van der Waals surface area contributed by atoms with Gasteiger partial charge in [0, 0.05) is 31.9 Å². The summed E-state index contributed by atoms with van der Waals surface area (Å²) in [4.78, 5) is 10.0. The van der Waals surface area contributed by atoms with Crippen molar-refractivity contribution in [2.45, 2.75) is 64.3 Å². The van der Waals surface area contributed by atoms with E-state index in [-0.39, 0.29) is 6.04 Å². The van der Waals surface area contributed by atoms with Gasteiger partial charge < -0.3 is 9.47 Å². The maximum Gasteiger partial charge on any atom is 0.0966 e. The van der Waals surface area contributed by atoms with Crippen molar-refractivity contribution in [2.75, 3.05) is 37.6 Å². The second-order valence-corrected chi connectivity index (χ2v) is 10.9. The molecule has 1 aliphatic heterocycles. The van der Waals surface area contributed by atoms with Crippen LogP contribution in [0.25, 0.3) is 11.0 Å². The summed E-state index contributed by atoms with van der Waals surface area (Å²) in [5.41, 5.74) is 6.11. The lowest BCUT2D eigenvalue weighted by Crippen LogP contribution is -2.46. The highest BCUT2D eigenvalue weighted by molar-refractivity contribution is 5.80. The molecular weight excluding hydrogens is 464 g/mol. The zero-order chi connectivity index (χ0) is 26.0. The van der Waals surface area contributed by atoms with Gasteiger partial charge in [0.05, 0.1) is 23.4 Å². The van der Waals surface area contributed by atoms with Crippen LogP contribution in [0.5, 0.6) is 0 Å². The molecule has 200 valence electrons. The molecular formula is C34H44N4. The Kier molecular flexibility index (Phi) is 9.49. The van der Waals surface area contributed by atoms with Gasteiger partial charge in [0.25, 0.3) is 0 Å². The molecule has 0 saturated carbocycles. The zero-order valence-corrected chi connectivity index (χ0v) is 23.1. The van der Waals surface area contributed by atoms with Gasteiger partial charge in [-0.1, -0.05) is 113 Å². The van der Waals surface area contributed by atoms with Gasteiger partial charge in [0.1, 0.15) is 0 Å². The lowest BCUT2D eigenvalue weighted by Gasteiger charge is -2.36. The number of benzene rings is 3. The van der Waals surface area contributed by atoms with E-state index in [1.165, 1.54) is 80.2 Å². The van der Waals surface area contributed by atoms with Crippen LogP contribution in [-0.4, -0.2) is 47.2 Å². The average Bonchev–Trinajstić information content (AvgIpc) is 3.39. The predicted molar refractivity (Wildman–Crippen MR) is 161 cm³/mol. The van der Waals surface area contributed by atoms with Crippen LogP contribution in [0.2, 0.25) is 0 Å². The minimum Gasteiger partial charge on any atom is -0.369 e. The molecule has 4 heteroatoms. The number of aromatic nitrogens is 2. The Hall–Kier alpha value is -3.11. The van der Waals surface area contributed by atoms with Gasteiger partial charge >= 0.3 is 0 Å². The summed E-state index contributed by atoms with van der Waals surface area (Å²) >= 11 is 0. The quantitative estimate of drug-likeness (QED) is 0.171. The van der Waals surface area contributed by atoms with Crippen molar-refractivity contribution in [3.8, 4) is 0 Å². The molecule has 5 rings (SSSR count). The van der Waals surface area contributed by atoms with Crippen molar-refractivity contribution in [1.29, 1.82) is 0 Å². The maximum absolute atomic E-state index is 4.79. The fraction of sp³-hybridized carbons (Fsp3) is 0.441. The van der Waals surface area contributed by atoms with Gasteiger partial charge in [-0.25, -0.2) is 4.98 Å². The van der Waals surface area contributed by atoms with Crippen molar-refractivity contribution in [3.63, 3.8) is 0 Å². The molecule has 0 aliphatic carbocycles. The van der Waals surface area contributed by atoms with Crippen LogP contribution in [0.4, 0.5) is 5.69 Å². The van der Waals surface area contributed by atoms with Crippen molar-refractivity contribution in [3.05, 3.63) is 96.3 Å². The summed E-state index contributed by atoms with van der Waals surface area (Å²) in [6.45, 7) is 8.05. The average molecular weight is 509 g/mol. The maximum atomic E-state index is 4.79. The van der Waals surface area contributed by atoms with Crippen molar-refractivity contribution < 1.29 is 0 Å². The molecule has 0 spiro atoms. The van der Waals surface area contributed by atoms with E-state index in [4.69, 9.17) is 4.98 Å². The molecule has 38 heavy (non-hydrogen) atoms.